The molecule has 0 rings (SSSR count). The Bertz CT molecular complexity index is 825. The maximum absolute atomic E-state index is 13.4. The van der Waals surface area contributed by atoms with Crippen LogP contribution in [-0.2, 0) is 29.2 Å². The molecule has 0 spiro atoms. The summed E-state index contributed by atoms with van der Waals surface area (Å²) in [6, 6.07) is 0. The van der Waals surface area contributed by atoms with Crippen LogP contribution in [0.15, 0.2) is 12.7 Å². The molecular weight excluding hydrogens is 516 g/mol. The molecule has 1 atom stereocenters. The highest BCUT2D eigenvalue weighted by Gasteiger charge is 2.67. The van der Waals surface area contributed by atoms with Crippen LogP contribution in [0.1, 0.15) is 19.3 Å². The summed E-state index contributed by atoms with van der Waals surface area (Å²) in [5.74, 6) is -14.7. The van der Waals surface area contributed by atoms with Gasteiger partial charge in [-0.25, -0.2) is 4.79 Å². The summed E-state index contributed by atoms with van der Waals surface area (Å²) in [6.45, 7) is -1.08. The van der Waals surface area contributed by atoms with E-state index >= 15 is 0 Å². The van der Waals surface area contributed by atoms with Crippen molar-refractivity contribution in [2.75, 3.05) is 13.2 Å². The van der Waals surface area contributed by atoms with Gasteiger partial charge in [0.05, 0.1) is 6.61 Å². The number of ether oxygens (including phenoxy) is 2. The van der Waals surface area contributed by atoms with E-state index in [1.807, 2.05) is 0 Å². The molecule has 0 bridgehead atoms. The van der Waals surface area contributed by atoms with Crippen LogP contribution in [0.2, 0.25) is 0 Å². The van der Waals surface area contributed by atoms with E-state index < -0.39 is 83.7 Å². The lowest BCUT2D eigenvalue weighted by molar-refractivity contribution is -0.347. The quantitative estimate of drug-likeness (QED) is 0.0993. The highest BCUT2D eigenvalue weighted by Crippen LogP contribution is 2.42. The minimum Gasteiger partial charge on any atom is -0.412 e. The van der Waals surface area contributed by atoms with E-state index in [9.17, 15) is 61.9 Å². The Morgan fingerprint density at radius 3 is 1.88 bits per heavy atom. The number of carbonyl (C=O) groups is 2. The molecule has 33 heavy (non-hydrogen) atoms. The number of amides is 1. The van der Waals surface area contributed by atoms with Crippen LogP contribution in [0.3, 0.4) is 0 Å². The number of hydrogen-bond acceptors (Lipinski definition) is 6. The van der Waals surface area contributed by atoms with E-state index in [1.54, 1.807) is 0 Å². The van der Waals surface area contributed by atoms with E-state index in [0.29, 0.717) is 0 Å². The van der Waals surface area contributed by atoms with E-state index in [1.165, 1.54) is 0 Å². The molecule has 194 valence electrons. The summed E-state index contributed by atoms with van der Waals surface area (Å²) in [4.78, 5) is 23.0. The first-order valence-corrected chi connectivity index (χ1v) is 9.62. The largest absolute Gasteiger partial charge is 0.466 e. The van der Waals surface area contributed by atoms with Gasteiger partial charge in [0.15, 0.2) is 0 Å². The Morgan fingerprint density at radius 2 is 1.48 bits per heavy atom. The topological polar surface area (TPSA) is 119 Å². The third kappa shape index (κ3) is 7.98. The summed E-state index contributed by atoms with van der Waals surface area (Å²) in [5.41, 5.74) is 0. The molecule has 0 aromatic heterocycles. The van der Waals surface area contributed by atoms with Crippen LogP contribution in [-0.4, -0.2) is 67.3 Å². The number of nitrogens with one attached hydrogen (secondary N) is 1. The maximum atomic E-state index is 13.4. The standard InChI is InChI=1S/C14H15F10NO7S/c1-2-8(26)32-12(13(20,21)22,9(27)25-7-11(17,18)19)31-6-4-3-5-10(15,16)14(23,24)33(28,29)30/h2H,1,3-7H2,(H,25,27)(H,28,29,30). The van der Waals surface area contributed by atoms with Crippen molar-refractivity contribution in [3.8, 4) is 0 Å². The van der Waals surface area contributed by atoms with Gasteiger partial charge in [0.1, 0.15) is 6.54 Å². The minimum absolute atomic E-state index is 0.0822. The number of halogens is 10. The van der Waals surface area contributed by atoms with Crippen LogP contribution in [0, 0.1) is 0 Å². The zero-order valence-corrected chi connectivity index (χ0v) is 16.7. The summed E-state index contributed by atoms with van der Waals surface area (Å²) in [5, 5.41) is -5.18. The Morgan fingerprint density at radius 1 is 0.970 bits per heavy atom. The summed E-state index contributed by atoms with van der Waals surface area (Å²) < 4.78 is 166. The van der Waals surface area contributed by atoms with E-state index in [2.05, 4.69) is 16.1 Å². The normalized spacial score (nSPS) is 15.5. The molecule has 2 N–H and O–H groups in total. The fourth-order valence-electron chi connectivity index (χ4n) is 1.89. The number of hydrogen-bond donors (Lipinski definition) is 2. The predicted octanol–water partition coefficient (Wildman–Crippen LogP) is 2.96. The molecule has 0 aliphatic rings. The lowest BCUT2D eigenvalue weighted by Gasteiger charge is -2.33. The van der Waals surface area contributed by atoms with Crippen LogP contribution >= 0.6 is 0 Å². The number of alkyl halides is 10. The Hall–Kier alpha value is -2.15. The van der Waals surface area contributed by atoms with Crippen LogP contribution in [0.5, 0.6) is 0 Å². The smallest absolute Gasteiger partial charge is 0.412 e. The predicted molar refractivity (Wildman–Crippen MR) is 85.4 cm³/mol. The summed E-state index contributed by atoms with van der Waals surface area (Å²) in [7, 11) is -6.57. The molecule has 1 unspecified atom stereocenters. The van der Waals surface area contributed by atoms with Crippen molar-refractivity contribution in [2.45, 2.75) is 48.6 Å². The number of rotatable bonds is 12. The lowest BCUT2D eigenvalue weighted by Crippen LogP contribution is -2.62. The lowest BCUT2D eigenvalue weighted by atomic mass is 10.1. The van der Waals surface area contributed by atoms with Gasteiger partial charge in [0.2, 0.25) is 0 Å². The van der Waals surface area contributed by atoms with Crippen molar-refractivity contribution < 1.29 is 75.9 Å². The Balaban J connectivity index is 5.53. The van der Waals surface area contributed by atoms with Crippen LogP contribution in [0.4, 0.5) is 43.9 Å². The summed E-state index contributed by atoms with van der Waals surface area (Å²) >= 11 is 0. The molecule has 0 saturated heterocycles. The number of esters is 1. The molecular formula is C14H15F10NO7S. The minimum atomic E-state index is -6.57. The molecule has 8 nitrogen and oxygen atoms in total. The molecule has 1 amide bonds. The van der Waals surface area contributed by atoms with Crippen LogP contribution in [0.25, 0.3) is 0 Å². The molecule has 0 fully saturated rings. The molecule has 0 aliphatic heterocycles. The van der Waals surface area contributed by atoms with Crippen molar-refractivity contribution in [1.29, 1.82) is 0 Å². The molecule has 0 aromatic carbocycles. The average molecular weight is 531 g/mol. The summed E-state index contributed by atoms with van der Waals surface area (Å²) in [6.07, 6.45) is -15.4. The van der Waals surface area contributed by atoms with Crippen molar-refractivity contribution in [1.82, 2.24) is 5.32 Å². The average Bonchev–Trinajstić information content (AvgIpc) is 2.61. The highest BCUT2D eigenvalue weighted by atomic mass is 32.2. The first-order chi connectivity index (χ1) is 14.5. The van der Waals surface area contributed by atoms with Crippen molar-refractivity contribution >= 4 is 22.0 Å². The fraction of sp³-hybridized carbons (Fsp3) is 0.714. The van der Waals surface area contributed by atoms with E-state index in [-0.39, 0.29) is 6.08 Å². The molecule has 0 radical (unpaired) electrons. The molecule has 0 heterocycles. The van der Waals surface area contributed by atoms with Gasteiger partial charge in [-0.2, -0.15) is 52.3 Å². The van der Waals surface area contributed by atoms with Gasteiger partial charge in [-0.3, -0.25) is 9.35 Å². The second-order valence-electron chi connectivity index (χ2n) is 6.04. The van der Waals surface area contributed by atoms with Crippen molar-refractivity contribution in [3.63, 3.8) is 0 Å². The third-order valence-corrected chi connectivity index (χ3v) is 4.42. The van der Waals surface area contributed by atoms with Gasteiger partial charge in [-0.05, 0) is 12.8 Å². The molecule has 0 saturated carbocycles. The second-order valence-corrected chi connectivity index (χ2v) is 7.50. The first-order valence-electron chi connectivity index (χ1n) is 8.18. The Labute approximate surface area is 178 Å². The number of unbranched alkanes of at least 4 members (excludes halogenated alkanes) is 1. The van der Waals surface area contributed by atoms with Gasteiger partial charge < -0.3 is 14.8 Å². The van der Waals surface area contributed by atoms with Gasteiger partial charge >= 0.3 is 51.3 Å². The monoisotopic (exact) mass is 531 g/mol. The SMILES string of the molecule is C=CC(=O)OC(OCCCCC(F)(F)C(F)(F)S(=O)(=O)O)(C(=O)NCC(F)(F)F)C(F)(F)F. The maximum Gasteiger partial charge on any atom is 0.466 e. The van der Waals surface area contributed by atoms with Gasteiger partial charge in [0, 0.05) is 12.5 Å². The molecule has 0 aromatic rings. The zero-order valence-electron chi connectivity index (χ0n) is 15.9. The zero-order chi connectivity index (χ0) is 26.5. The van der Waals surface area contributed by atoms with Gasteiger partial charge in [0.25, 0.3) is 0 Å². The van der Waals surface area contributed by atoms with E-state index in [0.717, 1.165) is 5.32 Å². The fourth-order valence-corrected chi connectivity index (χ4v) is 2.37. The van der Waals surface area contributed by atoms with Crippen LogP contribution < -0.4 is 5.32 Å². The number of carbonyl (C=O) groups excluding carboxylic acids is 2. The molecule has 0 aliphatic carbocycles. The van der Waals surface area contributed by atoms with Crippen molar-refractivity contribution in [2.24, 2.45) is 0 Å². The third-order valence-electron chi connectivity index (χ3n) is 3.47. The highest BCUT2D eigenvalue weighted by molar-refractivity contribution is 7.87. The van der Waals surface area contributed by atoms with Gasteiger partial charge in [-0.15, -0.1) is 0 Å². The Kier molecular flexibility index (Phi) is 9.73. The second kappa shape index (κ2) is 10.4. The molecule has 19 heteroatoms. The van der Waals surface area contributed by atoms with Gasteiger partial charge in [-0.1, -0.05) is 6.58 Å². The first kappa shape index (κ1) is 30.9. The van der Waals surface area contributed by atoms with Crippen molar-refractivity contribution in [3.05, 3.63) is 12.7 Å². The van der Waals surface area contributed by atoms with E-state index in [4.69, 9.17) is 4.55 Å².